The third kappa shape index (κ3) is 4.37. The van der Waals surface area contributed by atoms with Crippen molar-refractivity contribution in [3.63, 3.8) is 0 Å². The molecule has 1 heterocycles. The minimum atomic E-state index is -4.05. The number of nitrogens with one attached hydrogen (secondary N) is 1. The molecular weight excluding hydrogens is 277 g/mol. The number of benzene rings is 1. The van der Waals surface area contributed by atoms with E-state index in [1.165, 1.54) is 0 Å². The monoisotopic (exact) mass is 300 g/mol. The fourth-order valence-corrected chi connectivity index (χ4v) is 2.82. The highest BCUT2D eigenvalue weighted by Crippen LogP contribution is 2.35. The summed E-state index contributed by atoms with van der Waals surface area (Å²) in [6.07, 6.45) is -2.59. The number of rotatable bonds is 5. The molecule has 21 heavy (non-hydrogen) atoms. The highest BCUT2D eigenvalue weighted by molar-refractivity contribution is 5.54. The SMILES string of the molecule is CCCNCc1ccccc1N1CCC(C(F)(F)F)CC1. The molecule has 118 valence electrons. The van der Waals surface area contributed by atoms with E-state index >= 15 is 0 Å². The molecule has 0 saturated carbocycles. The van der Waals surface area contributed by atoms with Crippen molar-refractivity contribution < 1.29 is 13.2 Å². The average molecular weight is 300 g/mol. The molecule has 1 N–H and O–H groups in total. The summed E-state index contributed by atoms with van der Waals surface area (Å²) in [5.41, 5.74) is 2.23. The van der Waals surface area contributed by atoms with Gasteiger partial charge in [-0.15, -0.1) is 0 Å². The highest BCUT2D eigenvalue weighted by atomic mass is 19.4. The van der Waals surface area contributed by atoms with Crippen molar-refractivity contribution in [2.75, 3.05) is 24.5 Å². The van der Waals surface area contributed by atoms with Crippen LogP contribution in [-0.4, -0.2) is 25.8 Å². The molecule has 1 aromatic rings. The van der Waals surface area contributed by atoms with Crippen molar-refractivity contribution in [2.24, 2.45) is 5.92 Å². The third-order valence-corrected chi connectivity index (χ3v) is 4.03. The number of anilines is 1. The van der Waals surface area contributed by atoms with Crippen LogP contribution in [0, 0.1) is 5.92 Å². The zero-order valence-electron chi connectivity index (χ0n) is 12.4. The van der Waals surface area contributed by atoms with E-state index in [1.807, 2.05) is 24.3 Å². The first kappa shape index (κ1) is 16.1. The van der Waals surface area contributed by atoms with Gasteiger partial charge >= 0.3 is 6.18 Å². The second-order valence-corrected chi connectivity index (χ2v) is 5.61. The van der Waals surface area contributed by atoms with Crippen LogP contribution in [0.4, 0.5) is 18.9 Å². The normalized spacial score (nSPS) is 17.2. The van der Waals surface area contributed by atoms with E-state index in [0.717, 1.165) is 30.8 Å². The van der Waals surface area contributed by atoms with Gasteiger partial charge in [0.15, 0.2) is 0 Å². The maximum absolute atomic E-state index is 12.7. The molecule has 0 aromatic heterocycles. The van der Waals surface area contributed by atoms with Gasteiger partial charge in [-0.05, 0) is 37.4 Å². The molecule has 1 aliphatic rings. The molecule has 0 bridgehead atoms. The number of alkyl halides is 3. The number of halogens is 3. The van der Waals surface area contributed by atoms with Gasteiger partial charge in [0.25, 0.3) is 0 Å². The van der Waals surface area contributed by atoms with Crippen LogP contribution in [0.5, 0.6) is 0 Å². The van der Waals surface area contributed by atoms with E-state index in [1.54, 1.807) is 0 Å². The van der Waals surface area contributed by atoms with Gasteiger partial charge in [-0.3, -0.25) is 0 Å². The molecule has 5 heteroatoms. The maximum atomic E-state index is 12.7. The van der Waals surface area contributed by atoms with Crippen molar-refractivity contribution in [1.29, 1.82) is 0 Å². The average Bonchev–Trinajstić information content (AvgIpc) is 2.47. The van der Waals surface area contributed by atoms with E-state index < -0.39 is 12.1 Å². The van der Waals surface area contributed by atoms with E-state index in [2.05, 4.69) is 17.1 Å². The minimum absolute atomic E-state index is 0.195. The Morgan fingerprint density at radius 2 is 1.86 bits per heavy atom. The number of hydrogen-bond acceptors (Lipinski definition) is 2. The summed E-state index contributed by atoms with van der Waals surface area (Å²) in [6.45, 7) is 4.79. The van der Waals surface area contributed by atoms with Gasteiger partial charge in [-0.2, -0.15) is 13.2 Å². The summed E-state index contributed by atoms with van der Waals surface area (Å²) >= 11 is 0. The number of para-hydroxylation sites is 1. The summed E-state index contributed by atoms with van der Waals surface area (Å²) in [6, 6.07) is 7.99. The lowest BCUT2D eigenvalue weighted by molar-refractivity contribution is -0.179. The number of nitrogens with zero attached hydrogens (tertiary/aromatic N) is 1. The molecule has 2 nitrogen and oxygen atoms in total. The van der Waals surface area contributed by atoms with Crippen molar-refractivity contribution in [2.45, 2.75) is 38.9 Å². The quantitative estimate of drug-likeness (QED) is 0.828. The molecule has 1 aromatic carbocycles. The second-order valence-electron chi connectivity index (χ2n) is 5.61. The van der Waals surface area contributed by atoms with Crippen LogP contribution in [0.3, 0.4) is 0 Å². The molecule has 1 saturated heterocycles. The zero-order valence-corrected chi connectivity index (χ0v) is 12.4. The van der Waals surface area contributed by atoms with Crippen molar-refractivity contribution >= 4 is 5.69 Å². The third-order valence-electron chi connectivity index (χ3n) is 4.03. The molecule has 2 rings (SSSR count). The van der Waals surface area contributed by atoms with Gasteiger partial charge in [-0.25, -0.2) is 0 Å². The standard InChI is InChI=1S/C16H23F3N2/c1-2-9-20-12-13-5-3-4-6-15(13)21-10-7-14(8-11-21)16(17,18)19/h3-6,14,20H,2,7-12H2,1H3. The summed E-state index contributed by atoms with van der Waals surface area (Å²) in [7, 11) is 0. The Balaban J connectivity index is 1.99. The van der Waals surface area contributed by atoms with Crippen molar-refractivity contribution in [1.82, 2.24) is 5.32 Å². The summed E-state index contributed by atoms with van der Waals surface area (Å²) in [4.78, 5) is 2.09. The molecule has 1 fully saturated rings. The van der Waals surface area contributed by atoms with Gasteiger partial charge in [0.1, 0.15) is 0 Å². The molecular formula is C16H23F3N2. The van der Waals surface area contributed by atoms with Gasteiger partial charge in [0.05, 0.1) is 5.92 Å². The van der Waals surface area contributed by atoms with Crippen molar-refractivity contribution in [3.05, 3.63) is 29.8 Å². The fraction of sp³-hybridized carbons (Fsp3) is 0.625. The lowest BCUT2D eigenvalue weighted by Gasteiger charge is -2.35. The lowest BCUT2D eigenvalue weighted by Crippen LogP contribution is -2.39. The van der Waals surface area contributed by atoms with Crippen LogP contribution in [0.15, 0.2) is 24.3 Å². The Hall–Kier alpha value is -1.23. The Kier molecular flexibility index (Phi) is 5.51. The molecule has 0 atom stereocenters. The number of piperidine rings is 1. The summed E-state index contributed by atoms with van der Waals surface area (Å²) < 4.78 is 38.2. The van der Waals surface area contributed by atoms with Crippen LogP contribution in [0.2, 0.25) is 0 Å². The Labute approximate surface area is 124 Å². The first-order chi connectivity index (χ1) is 10.0. The predicted molar refractivity (Wildman–Crippen MR) is 79.4 cm³/mol. The van der Waals surface area contributed by atoms with Crippen molar-refractivity contribution in [3.8, 4) is 0 Å². The minimum Gasteiger partial charge on any atom is -0.371 e. The lowest BCUT2D eigenvalue weighted by atomic mass is 9.95. The molecule has 1 aliphatic heterocycles. The second kappa shape index (κ2) is 7.16. The first-order valence-electron chi connectivity index (χ1n) is 7.62. The summed E-state index contributed by atoms with van der Waals surface area (Å²) in [5.74, 6) is -1.14. The van der Waals surface area contributed by atoms with Gasteiger partial charge in [0.2, 0.25) is 0 Å². The number of hydrogen-bond donors (Lipinski definition) is 1. The van der Waals surface area contributed by atoms with E-state index in [9.17, 15) is 13.2 Å². The largest absolute Gasteiger partial charge is 0.391 e. The predicted octanol–water partition coefficient (Wildman–Crippen LogP) is 3.96. The van der Waals surface area contributed by atoms with E-state index in [4.69, 9.17) is 0 Å². The Morgan fingerprint density at radius 3 is 2.48 bits per heavy atom. The van der Waals surface area contributed by atoms with Gasteiger partial charge in [0, 0.05) is 25.3 Å². The van der Waals surface area contributed by atoms with Gasteiger partial charge < -0.3 is 10.2 Å². The van der Waals surface area contributed by atoms with E-state index in [0.29, 0.717) is 13.1 Å². The Morgan fingerprint density at radius 1 is 1.19 bits per heavy atom. The molecule has 0 aliphatic carbocycles. The van der Waals surface area contributed by atoms with Crippen LogP contribution < -0.4 is 10.2 Å². The van der Waals surface area contributed by atoms with Crippen LogP contribution in [-0.2, 0) is 6.54 Å². The molecule has 0 spiro atoms. The molecule has 0 unspecified atom stereocenters. The first-order valence-corrected chi connectivity index (χ1v) is 7.62. The molecule has 0 amide bonds. The van der Waals surface area contributed by atoms with Crippen LogP contribution in [0.25, 0.3) is 0 Å². The zero-order chi connectivity index (χ0) is 15.3. The smallest absolute Gasteiger partial charge is 0.371 e. The Bertz CT molecular complexity index is 437. The summed E-state index contributed by atoms with van der Waals surface area (Å²) in [5, 5.41) is 3.36. The van der Waals surface area contributed by atoms with Gasteiger partial charge in [-0.1, -0.05) is 25.1 Å². The highest BCUT2D eigenvalue weighted by Gasteiger charge is 2.41. The molecule has 0 radical (unpaired) electrons. The van der Waals surface area contributed by atoms with Crippen LogP contribution in [0.1, 0.15) is 31.7 Å². The van der Waals surface area contributed by atoms with Crippen LogP contribution >= 0.6 is 0 Å². The fourth-order valence-electron chi connectivity index (χ4n) is 2.82. The van der Waals surface area contributed by atoms with E-state index in [-0.39, 0.29) is 12.8 Å². The topological polar surface area (TPSA) is 15.3 Å². The maximum Gasteiger partial charge on any atom is 0.391 e.